The first-order chi connectivity index (χ1) is 11.1. The lowest BCUT2D eigenvalue weighted by atomic mass is 9.86. The normalized spacial score (nSPS) is 21.2. The highest BCUT2D eigenvalue weighted by atomic mass is 16.5. The Bertz CT molecular complexity index is 504. The first-order valence-electron chi connectivity index (χ1n) is 8.72. The van der Waals surface area contributed by atoms with Gasteiger partial charge in [-0.2, -0.15) is 0 Å². The summed E-state index contributed by atoms with van der Waals surface area (Å²) < 4.78 is 5.78. The first kappa shape index (κ1) is 17.8. The minimum atomic E-state index is 0.127. The number of para-hydroxylation sites is 1. The standard InChI is InChI=1S/C19H30N2O2/c1-15-8-4-6-10-17(15)20-19(22)14-21(3)12-13-23-18-11-7-5-9-16(18)2/h5,7,9,11,15,17H,4,6,8,10,12-14H2,1-3H3,(H,20,22)/t15-,17+/m0/s1. The van der Waals surface area contributed by atoms with Crippen molar-refractivity contribution < 1.29 is 9.53 Å². The van der Waals surface area contributed by atoms with Crippen molar-refractivity contribution in [2.75, 3.05) is 26.7 Å². The number of carbonyl (C=O) groups is 1. The lowest BCUT2D eigenvalue weighted by Crippen LogP contribution is -2.45. The van der Waals surface area contributed by atoms with E-state index in [-0.39, 0.29) is 5.91 Å². The highest BCUT2D eigenvalue weighted by molar-refractivity contribution is 5.78. The van der Waals surface area contributed by atoms with Gasteiger partial charge in [0.1, 0.15) is 12.4 Å². The molecule has 0 unspecified atom stereocenters. The smallest absolute Gasteiger partial charge is 0.234 e. The van der Waals surface area contributed by atoms with Crippen LogP contribution >= 0.6 is 0 Å². The van der Waals surface area contributed by atoms with Crippen LogP contribution < -0.4 is 10.1 Å². The Kier molecular flexibility index (Phi) is 6.90. The van der Waals surface area contributed by atoms with Crippen LogP contribution in [0.1, 0.15) is 38.2 Å². The van der Waals surface area contributed by atoms with Gasteiger partial charge in [-0.3, -0.25) is 9.69 Å². The Morgan fingerprint density at radius 3 is 2.78 bits per heavy atom. The second kappa shape index (κ2) is 8.92. The molecule has 1 fully saturated rings. The van der Waals surface area contributed by atoms with E-state index in [0.29, 0.717) is 25.1 Å². The monoisotopic (exact) mass is 318 g/mol. The van der Waals surface area contributed by atoms with Crippen LogP contribution in [0.5, 0.6) is 5.75 Å². The first-order valence-corrected chi connectivity index (χ1v) is 8.72. The average molecular weight is 318 g/mol. The van der Waals surface area contributed by atoms with E-state index in [9.17, 15) is 4.79 Å². The highest BCUT2D eigenvalue weighted by Crippen LogP contribution is 2.23. The zero-order chi connectivity index (χ0) is 16.7. The van der Waals surface area contributed by atoms with Gasteiger partial charge in [-0.15, -0.1) is 0 Å². The second-order valence-electron chi connectivity index (χ2n) is 6.79. The van der Waals surface area contributed by atoms with Crippen LogP contribution in [0.4, 0.5) is 0 Å². The summed E-state index contributed by atoms with van der Waals surface area (Å²) in [7, 11) is 1.96. The summed E-state index contributed by atoms with van der Waals surface area (Å²) in [6.45, 7) is 6.04. The number of ether oxygens (including phenoxy) is 1. The number of rotatable bonds is 7. The molecule has 0 saturated heterocycles. The van der Waals surface area contributed by atoms with Crippen LogP contribution in [0.3, 0.4) is 0 Å². The van der Waals surface area contributed by atoms with Gasteiger partial charge in [-0.25, -0.2) is 0 Å². The van der Waals surface area contributed by atoms with Gasteiger partial charge in [0, 0.05) is 12.6 Å². The fourth-order valence-corrected chi connectivity index (χ4v) is 3.14. The van der Waals surface area contributed by atoms with Crippen molar-refractivity contribution in [2.24, 2.45) is 5.92 Å². The van der Waals surface area contributed by atoms with Crippen molar-refractivity contribution in [3.63, 3.8) is 0 Å². The minimum Gasteiger partial charge on any atom is -0.492 e. The van der Waals surface area contributed by atoms with Crippen molar-refractivity contribution in [3.8, 4) is 5.75 Å². The molecular formula is C19H30N2O2. The number of nitrogens with one attached hydrogen (secondary N) is 1. The molecule has 0 spiro atoms. The molecule has 1 aliphatic rings. The number of amides is 1. The van der Waals surface area contributed by atoms with Crippen LogP contribution in [0.2, 0.25) is 0 Å². The molecule has 0 aromatic heterocycles. The van der Waals surface area contributed by atoms with E-state index in [1.807, 2.05) is 43.1 Å². The summed E-state index contributed by atoms with van der Waals surface area (Å²) in [5.74, 6) is 1.64. The molecule has 1 aromatic rings. The number of benzene rings is 1. The van der Waals surface area contributed by atoms with Gasteiger partial charge in [0.2, 0.25) is 5.91 Å². The van der Waals surface area contributed by atoms with E-state index >= 15 is 0 Å². The Morgan fingerprint density at radius 2 is 2.04 bits per heavy atom. The number of aryl methyl sites for hydroxylation is 1. The molecule has 0 radical (unpaired) electrons. The van der Waals surface area contributed by atoms with Gasteiger partial charge in [0.15, 0.2) is 0 Å². The Balaban J connectivity index is 1.66. The SMILES string of the molecule is Cc1ccccc1OCCN(C)CC(=O)N[C@@H]1CCCC[C@@H]1C. The summed E-state index contributed by atoms with van der Waals surface area (Å²) >= 11 is 0. The summed E-state index contributed by atoms with van der Waals surface area (Å²) in [5.41, 5.74) is 1.14. The molecule has 2 atom stereocenters. The molecule has 1 N–H and O–H groups in total. The summed E-state index contributed by atoms with van der Waals surface area (Å²) in [4.78, 5) is 14.2. The Morgan fingerprint density at radius 1 is 1.30 bits per heavy atom. The van der Waals surface area contributed by atoms with Gasteiger partial charge in [-0.1, -0.05) is 38.0 Å². The molecule has 1 aliphatic carbocycles. The van der Waals surface area contributed by atoms with Gasteiger partial charge < -0.3 is 10.1 Å². The number of hydrogen-bond acceptors (Lipinski definition) is 3. The third-order valence-corrected chi connectivity index (χ3v) is 4.70. The van der Waals surface area contributed by atoms with E-state index in [0.717, 1.165) is 24.3 Å². The number of likely N-dealkylation sites (N-methyl/N-ethyl adjacent to an activating group) is 1. The second-order valence-corrected chi connectivity index (χ2v) is 6.79. The summed E-state index contributed by atoms with van der Waals surface area (Å²) in [5, 5.41) is 3.20. The molecule has 0 bridgehead atoms. The van der Waals surface area contributed by atoms with Crippen molar-refractivity contribution in [2.45, 2.75) is 45.6 Å². The molecule has 0 aliphatic heterocycles. The number of carbonyl (C=O) groups excluding carboxylic acids is 1. The van der Waals surface area contributed by atoms with Crippen LogP contribution in [-0.4, -0.2) is 43.6 Å². The van der Waals surface area contributed by atoms with Crippen LogP contribution in [0.25, 0.3) is 0 Å². The quantitative estimate of drug-likeness (QED) is 0.840. The fraction of sp³-hybridized carbons (Fsp3) is 0.632. The third-order valence-electron chi connectivity index (χ3n) is 4.70. The van der Waals surface area contributed by atoms with E-state index in [4.69, 9.17) is 4.74 Å². The van der Waals surface area contributed by atoms with Gasteiger partial charge in [-0.05, 0) is 44.4 Å². The lowest BCUT2D eigenvalue weighted by molar-refractivity contribution is -0.123. The highest BCUT2D eigenvalue weighted by Gasteiger charge is 2.22. The molecule has 128 valence electrons. The van der Waals surface area contributed by atoms with Crippen molar-refractivity contribution in [3.05, 3.63) is 29.8 Å². The van der Waals surface area contributed by atoms with Gasteiger partial charge in [0.05, 0.1) is 6.54 Å². The Labute approximate surface area is 140 Å². The topological polar surface area (TPSA) is 41.6 Å². The van der Waals surface area contributed by atoms with Crippen molar-refractivity contribution >= 4 is 5.91 Å². The molecule has 4 heteroatoms. The maximum atomic E-state index is 12.2. The lowest BCUT2D eigenvalue weighted by Gasteiger charge is -2.30. The van der Waals surface area contributed by atoms with Crippen molar-refractivity contribution in [1.82, 2.24) is 10.2 Å². The third kappa shape index (κ3) is 5.87. The zero-order valence-electron chi connectivity index (χ0n) is 14.7. The summed E-state index contributed by atoms with van der Waals surface area (Å²) in [6.07, 6.45) is 4.87. The molecular weight excluding hydrogens is 288 g/mol. The Hall–Kier alpha value is -1.55. The van der Waals surface area contributed by atoms with Gasteiger partial charge in [0.25, 0.3) is 0 Å². The number of nitrogens with zero attached hydrogens (tertiary/aromatic N) is 1. The minimum absolute atomic E-state index is 0.127. The zero-order valence-corrected chi connectivity index (χ0v) is 14.7. The molecule has 1 amide bonds. The number of hydrogen-bond donors (Lipinski definition) is 1. The van der Waals surface area contributed by atoms with Crippen molar-refractivity contribution in [1.29, 1.82) is 0 Å². The van der Waals surface area contributed by atoms with Crippen LogP contribution in [0, 0.1) is 12.8 Å². The molecule has 23 heavy (non-hydrogen) atoms. The molecule has 2 rings (SSSR count). The average Bonchev–Trinajstić information content (AvgIpc) is 2.51. The largest absolute Gasteiger partial charge is 0.492 e. The molecule has 1 saturated carbocycles. The summed E-state index contributed by atoms with van der Waals surface area (Å²) in [6, 6.07) is 8.35. The van der Waals surface area contributed by atoms with Crippen LogP contribution in [0.15, 0.2) is 24.3 Å². The molecule has 1 aromatic carbocycles. The van der Waals surface area contributed by atoms with E-state index < -0.39 is 0 Å². The van der Waals surface area contributed by atoms with E-state index in [1.165, 1.54) is 19.3 Å². The fourth-order valence-electron chi connectivity index (χ4n) is 3.14. The van der Waals surface area contributed by atoms with Crippen LogP contribution in [-0.2, 0) is 4.79 Å². The van der Waals surface area contributed by atoms with E-state index in [1.54, 1.807) is 0 Å². The molecule has 0 heterocycles. The predicted octanol–water partition coefficient (Wildman–Crippen LogP) is 3.00. The maximum Gasteiger partial charge on any atom is 0.234 e. The van der Waals surface area contributed by atoms with Gasteiger partial charge >= 0.3 is 0 Å². The predicted molar refractivity (Wildman–Crippen MR) is 93.7 cm³/mol. The van der Waals surface area contributed by atoms with E-state index in [2.05, 4.69) is 12.2 Å². The maximum absolute atomic E-state index is 12.2. The molecule has 4 nitrogen and oxygen atoms in total.